The van der Waals surface area contributed by atoms with Crippen LogP contribution in [0.25, 0.3) is 0 Å². The normalized spacial score (nSPS) is 14.8. The fourth-order valence-electron chi connectivity index (χ4n) is 3.89. The summed E-state index contributed by atoms with van der Waals surface area (Å²) in [4.78, 5) is 28.6. The van der Waals surface area contributed by atoms with Crippen molar-refractivity contribution < 1.29 is 14.3 Å². The molecule has 0 aliphatic carbocycles. The number of aliphatic imine (C=N–C) groups is 1. The molecule has 0 bridgehead atoms. The van der Waals surface area contributed by atoms with Crippen LogP contribution in [0.1, 0.15) is 36.8 Å². The first-order valence-corrected chi connectivity index (χ1v) is 13.5. The molecule has 0 spiro atoms. The number of amidine groups is 2. The smallest absolute Gasteiger partial charge is 0.256 e. The van der Waals surface area contributed by atoms with E-state index < -0.39 is 5.91 Å². The third kappa shape index (κ3) is 9.27. The Bertz CT molecular complexity index is 1320. The molecular weight excluding hydrogens is 546 g/mol. The van der Waals surface area contributed by atoms with Gasteiger partial charge in [-0.05, 0) is 24.4 Å². The molecule has 0 atom stereocenters. The number of carbonyl (C=O) groups is 1. The molecular formula is C28H38ClN9O3. The zero-order chi connectivity index (χ0) is 30.0. The van der Waals surface area contributed by atoms with E-state index in [-0.39, 0.29) is 33.4 Å². The molecule has 13 heteroatoms. The number of nitrogens with one attached hydrogen (secondary N) is 4. The summed E-state index contributed by atoms with van der Waals surface area (Å²) in [7, 11) is 1.53. The van der Waals surface area contributed by atoms with E-state index in [4.69, 9.17) is 32.2 Å². The van der Waals surface area contributed by atoms with Crippen LogP contribution in [0.15, 0.2) is 54.0 Å². The Hall–Kier alpha value is -4.00. The highest BCUT2D eigenvalue weighted by Gasteiger charge is 2.19. The first-order chi connectivity index (χ1) is 19.5. The number of halogens is 1. The van der Waals surface area contributed by atoms with Gasteiger partial charge in [0.25, 0.3) is 5.91 Å². The molecule has 1 aromatic heterocycles. The van der Waals surface area contributed by atoms with Crippen LogP contribution in [0.3, 0.4) is 0 Å². The third-order valence-electron chi connectivity index (χ3n) is 6.04. The van der Waals surface area contributed by atoms with Gasteiger partial charge >= 0.3 is 0 Å². The highest BCUT2D eigenvalue weighted by atomic mass is 35.5. The lowest BCUT2D eigenvalue weighted by atomic mass is 9.93. The molecule has 0 saturated carbocycles. The van der Waals surface area contributed by atoms with Crippen molar-refractivity contribution in [3.8, 4) is 0 Å². The van der Waals surface area contributed by atoms with Gasteiger partial charge in [-0.25, -0.2) is 15.0 Å². The van der Waals surface area contributed by atoms with Gasteiger partial charge in [-0.1, -0.05) is 39.0 Å². The highest BCUT2D eigenvalue weighted by Crippen LogP contribution is 2.28. The van der Waals surface area contributed by atoms with E-state index in [0.29, 0.717) is 29.6 Å². The predicted octanol–water partition coefficient (Wildman–Crippen LogP) is 3.75. The monoisotopic (exact) mass is 583 g/mol. The number of rotatable bonds is 11. The van der Waals surface area contributed by atoms with Crippen LogP contribution in [-0.4, -0.2) is 78.9 Å². The molecule has 41 heavy (non-hydrogen) atoms. The number of carbonyl (C=O) groups excluding carboxylic acids is 1. The van der Waals surface area contributed by atoms with E-state index in [1.54, 1.807) is 12.3 Å². The maximum atomic E-state index is 12.9. The molecule has 1 fully saturated rings. The second-order valence-electron chi connectivity index (χ2n) is 10.2. The Morgan fingerprint density at radius 2 is 2.07 bits per heavy atom. The van der Waals surface area contributed by atoms with E-state index >= 15 is 0 Å². The lowest BCUT2D eigenvalue weighted by Crippen LogP contribution is -2.39. The van der Waals surface area contributed by atoms with Crippen LogP contribution in [-0.2, 0) is 9.47 Å². The lowest BCUT2D eigenvalue weighted by Gasteiger charge is -2.26. The first kappa shape index (κ1) is 31.5. The predicted molar refractivity (Wildman–Crippen MR) is 163 cm³/mol. The number of aromatic nitrogens is 2. The van der Waals surface area contributed by atoms with Crippen molar-refractivity contribution in [2.45, 2.75) is 20.8 Å². The summed E-state index contributed by atoms with van der Waals surface area (Å²) < 4.78 is 10.8. The van der Waals surface area contributed by atoms with Gasteiger partial charge in [-0.2, -0.15) is 0 Å². The Labute approximate surface area is 245 Å². The number of allylic oxidation sites excluding steroid dienone is 1. The number of amides is 1. The number of hydrogen-bond acceptors (Lipinski definition) is 10. The molecule has 2 heterocycles. The summed E-state index contributed by atoms with van der Waals surface area (Å²) in [5.74, 6) is 0.373. The van der Waals surface area contributed by atoms with Gasteiger partial charge in [0.1, 0.15) is 17.3 Å². The summed E-state index contributed by atoms with van der Waals surface area (Å²) >= 11 is 6.40. The van der Waals surface area contributed by atoms with Crippen LogP contribution in [0.2, 0.25) is 5.02 Å². The number of nitrogens with two attached hydrogens (primary N) is 1. The van der Waals surface area contributed by atoms with Gasteiger partial charge in [0.2, 0.25) is 5.95 Å². The minimum Gasteiger partial charge on any atom is -0.500 e. The van der Waals surface area contributed by atoms with Gasteiger partial charge in [-0.3, -0.25) is 15.1 Å². The van der Waals surface area contributed by atoms with Crippen LogP contribution in [0.5, 0.6) is 0 Å². The van der Waals surface area contributed by atoms with Crippen molar-refractivity contribution in [1.29, 1.82) is 5.41 Å². The SMILES string of the molecule is C=CNc1cnc(NCCN2CCOCC2)nc1C(N)=Nc1cc(C(=O)NC(=N)/C=C(\OC)C(C)(C)C)ccc1Cl. The number of hydrogen-bond donors (Lipinski definition) is 5. The van der Waals surface area contributed by atoms with Crippen molar-refractivity contribution in [1.82, 2.24) is 20.2 Å². The molecule has 1 aliphatic heterocycles. The molecule has 220 valence electrons. The van der Waals surface area contributed by atoms with Crippen LogP contribution in [0, 0.1) is 10.8 Å². The largest absolute Gasteiger partial charge is 0.500 e. The molecule has 0 unspecified atom stereocenters. The Morgan fingerprint density at radius 1 is 1.34 bits per heavy atom. The van der Waals surface area contributed by atoms with Crippen LogP contribution < -0.4 is 21.7 Å². The lowest BCUT2D eigenvalue weighted by molar-refractivity contribution is 0.0398. The van der Waals surface area contributed by atoms with Crippen molar-refractivity contribution in [3.63, 3.8) is 0 Å². The fraction of sp³-hybridized carbons (Fsp3) is 0.393. The number of methoxy groups -OCH3 is 1. The van der Waals surface area contributed by atoms with Crippen molar-refractivity contribution >= 4 is 46.5 Å². The molecule has 1 amide bonds. The number of morpholine rings is 1. The molecule has 2 aromatic rings. The second-order valence-corrected chi connectivity index (χ2v) is 10.6. The van der Waals surface area contributed by atoms with Gasteiger partial charge in [-0.15, -0.1) is 0 Å². The standard InChI is InChI=1S/C28H38ClN9O3/c1-6-32-21-17-34-27(33-9-10-38-11-13-41-14-12-38)37-24(21)25(31)35-20-15-18(7-8-19(20)29)26(39)36-23(30)16-22(40-5)28(2,3)4/h6-8,15-17,32H,1,9-14H2,2-5H3,(H2,31,35)(H2,30,36,39)(H,33,34,37)/b22-16-. The minimum atomic E-state index is -0.509. The molecule has 0 radical (unpaired) electrons. The average Bonchev–Trinajstić information content (AvgIpc) is 2.93. The molecule has 3 rings (SSSR count). The fourth-order valence-corrected chi connectivity index (χ4v) is 4.05. The summed E-state index contributed by atoms with van der Waals surface area (Å²) in [6.07, 6.45) is 4.54. The van der Waals surface area contributed by atoms with Gasteiger partial charge in [0, 0.05) is 43.2 Å². The van der Waals surface area contributed by atoms with E-state index in [1.807, 2.05) is 20.8 Å². The summed E-state index contributed by atoms with van der Waals surface area (Å²) in [5, 5.41) is 17.2. The summed E-state index contributed by atoms with van der Waals surface area (Å²) in [6.45, 7) is 14.2. The Balaban J connectivity index is 1.80. The topological polar surface area (TPSA) is 163 Å². The molecule has 1 saturated heterocycles. The first-order valence-electron chi connectivity index (χ1n) is 13.1. The van der Waals surface area contributed by atoms with E-state index in [0.717, 1.165) is 32.8 Å². The van der Waals surface area contributed by atoms with Crippen molar-refractivity contribution in [2.24, 2.45) is 16.1 Å². The van der Waals surface area contributed by atoms with Gasteiger partial charge in [0.15, 0.2) is 5.84 Å². The zero-order valence-corrected chi connectivity index (χ0v) is 24.6. The maximum absolute atomic E-state index is 12.9. The molecule has 12 nitrogen and oxygen atoms in total. The molecule has 6 N–H and O–H groups in total. The van der Waals surface area contributed by atoms with E-state index in [9.17, 15) is 4.79 Å². The maximum Gasteiger partial charge on any atom is 0.256 e. The highest BCUT2D eigenvalue weighted by molar-refractivity contribution is 6.33. The van der Waals surface area contributed by atoms with Gasteiger partial charge in [0.05, 0.1) is 42.9 Å². The quantitative estimate of drug-likeness (QED) is 0.151. The average molecular weight is 584 g/mol. The number of anilines is 2. The number of nitrogens with zero attached hydrogens (tertiary/aromatic N) is 4. The summed E-state index contributed by atoms with van der Waals surface area (Å²) in [6, 6.07) is 4.57. The minimum absolute atomic E-state index is 0.0537. The summed E-state index contributed by atoms with van der Waals surface area (Å²) in [5.41, 5.74) is 7.39. The zero-order valence-electron chi connectivity index (χ0n) is 23.9. The van der Waals surface area contributed by atoms with E-state index in [1.165, 1.54) is 31.5 Å². The van der Waals surface area contributed by atoms with Crippen molar-refractivity contribution in [2.75, 3.05) is 57.1 Å². The Morgan fingerprint density at radius 3 is 2.73 bits per heavy atom. The van der Waals surface area contributed by atoms with Crippen LogP contribution in [0.4, 0.5) is 17.3 Å². The second kappa shape index (κ2) is 14.6. The van der Waals surface area contributed by atoms with Crippen LogP contribution >= 0.6 is 11.6 Å². The molecule has 1 aromatic carbocycles. The van der Waals surface area contributed by atoms with E-state index in [2.05, 4.69) is 42.4 Å². The molecule has 1 aliphatic rings. The number of benzene rings is 1. The van der Waals surface area contributed by atoms with Gasteiger partial charge < -0.3 is 31.2 Å². The number of ether oxygens (including phenoxy) is 2. The third-order valence-corrected chi connectivity index (χ3v) is 6.36. The Kier molecular flexibility index (Phi) is 11.2. The van der Waals surface area contributed by atoms with Crippen molar-refractivity contribution in [3.05, 3.63) is 65.3 Å².